The molecule has 0 atom stereocenters. The minimum absolute atomic E-state index is 0.0193. The number of nitrogens with zero attached hydrogens (tertiary/aromatic N) is 2. The van der Waals surface area contributed by atoms with Gasteiger partial charge >= 0.3 is 0 Å². The molecule has 34 heavy (non-hydrogen) atoms. The Morgan fingerprint density at radius 3 is 2.24 bits per heavy atom. The van der Waals surface area contributed by atoms with Crippen LogP contribution in [0, 0.1) is 0 Å². The zero-order valence-electron chi connectivity index (χ0n) is 19.8. The standard InChI is InChI=1S/C28H30N4O2/c1-20(33)32(19-9-18-31(2)3)23-16-14-22(15-17-23)29-27(21-10-5-4-6-11-21)26-24-12-7-8-13-25(24)30-28(26)34/h4-8,10-17,29H,9,18-19H2,1-3H3,(H,30,34). The lowest BCUT2D eigenvalue weighted by atomic mass is 10.00. The summed E-state index contributed by atoms with van der Waals surface area (Å²) in [5, 5.41) is 6.43. The van der Waals surface area contributed by atoms with Crippen LogP contribution < -0.4 is 15.5 Å². The summed E-state index contributed by atoms with van der Waals surface area (Å²) in [6, 6.07) is 25.3. The number of carbonyl (C=O) groups excluding carboxylic acids is 2. The van der Waals surface area contributed by atoms with E-state index in [1.54, 1.807) is 11.8 Å². The summed E-state index contributed by atoms with van der Waals surface area (Å²) in [7, 11) is 4.06. The molecule has 0 aromatic heterocycles. The van der Waals surface area contributed by atoms with Crippen molar-refractivity contribution in [3.05, 3.63) is 90.0 Å². The summed E-state index contributed by atoms with van der Waals surface area (Å²) in [5.74, 6) is -0.112. The number of carbonyl (C=O) groups is 2. The van der Waals surface area contributed by atoms with Gasteiger partial charge in [-0.3, -0.25) is 9.59 Å². The number of hydrogen-bond acceptors (Lipinski definition) is 4. The van der Waals surface area contributed by atoms with Gasteiger partial charge in [0.25, 0.3) is 5.91 Å². The zero-order chi connectivity index (χ0) is 24.1. The molecule has 3 aromatic carbocycles. The van der Waals surface area contributed by atoms with Gasteiger partial charge in [0.1, 0.15) is 0 Å². The van der Waals surface area contributed by atoms with E-state index < -0.39 is 0 Å². The second kappa shape index (κ2) is 10.4. The molecular weight excluding hydrogens is 424 g/mol. The molecule has 0 radical (unpaired) electrons. The number of rotatable bonds is 8. The normalized spacial score (nSPS) is 13.9. The van der Waals surface area contributed by atoms with Gasteiger partial charge in [-0.15, -0.1) is 0 Å². The van der Waals surface area contributed by atoms with E-state index in [4.69, 9.17) is 0 Å². The monoisotopic (exact) mass is 454 g/mol. The van der Waals surface area contributed by atoms with Crippen molar-refractivity contribution in [2.45, 2.75) is 13.3 Å². The van der Waals surface area contributed by atoms with Gasteiger partial charge in [-0.05, 0) is 63.0 Å². The fraction of sp³-hybridized carbons (Fsp3) is 0.214. The van der Waals surface area contributed by atoms with E-state index in [1.165, 1.54) is 0 Å². The van der Waals surface area contributed by atoms with Crippen LogP contribution in [-0.2, 0) is 9.59 Å². The molecule has 6 heteroatoms. The van der Waals surface area contributed by atoms with Gasteiger partial charge in [-0.2, -0.15) is 0 Å². The van der Waals surface area contributed by atoms with Crippen molar-refractivity contribution in [3.8, 4) is 0 Å². The lowest BCUT2D eigenvalue weighted by Gasteiger charge is -2.23. The summed E-state index contributed by atoms with van der Waals surface area (Å²) in [5.41, 5.74) is 5.65. The van der Waals surface area contributed by atoms with Crippen molar-refractivity contribution in [1.29, 1.82) is 0 Å². The summed E-state index contributed by atoms with van der Waals surface area (Å²) in [4.78, 5) is 29.1. The van der Waals surface area contributed by atoms with Crippen molar-refractivity contribution in [2.24, 2.45) is 0 Å². The molecule has 1 aliphatic rings. The van der Waals surface area contributed by atoms with Crippen LogP contribution in [0.1, 0.15) is 24.5 Å². The first-order valence-corrected chi connectivity index (χ1v) is 11.4. The maximum Gasteiger partial charge on any atom is 0.258 e. The maximum absolute atomic E-state index is 12.9. The Balaban J connectivity index is 1.65. The number of para-hydroxylation sites is 1. The molecular formula is C28H30N4O2. The third kappa shape index (κ3) is 5.18. The van der Waals surface area contributed by atoms with Gasteiger partial charge in [0.05, 0.1) is 11.3 Å². The molecule has 0 aliphatic carbocycles. The van der Waals surface area contributed by atoms with Crippen LogP contribution in [-0.4, -0.2) is 43.9 Å². The Hall–Kier alpha value is -3.90. The average molecular weight is 455 g/mol. The molecule has 1 aliphatic heterocycles. The van der Waals surface area contributed by atoms with Gasteiger partial charge < -0.3 is 20.4 Å². The summed E-state index contributed by atoms with van der Waals surface area (Å²) < 4.78 is 0. The smallest absolute Gasteiger partial charge is 0.258 e. The minimum atomic E-state index is -0.132. The number of anilines is 3. The van der Waals surface area contributed by atoms with Gasteiger partial charge in [0, 0.05) is 36.1 Å². The highest BCUT2D eigenvalue weighted by Crippen LogP contribution is 2.37. The number of hydrogen-bond donors (Lipinski definition) is 2. The highest BCUT2D eigenvalue weighted by atomic mass is 16.2. The zero-order valence-corrected chi connectivity index (χ0v) is 19.8. The van der Waals surface area contributed by atoms with E-state index in [9.17, 15) is 9.59 Å². The highest BCUT2D eigenvalue weighted by Gasteiger charge is 2.28. The Morgan fingerprint density at radius 2 is 1.56 bits per heavy atom. The van der Waals surface area contributed by atoms with E-state index >= 15 is 0 Å². The Labute approximate surface area is 200 Å². The molecule has 0 saturated carbocycles. The lowest BCUT2D eigenvalue weighted by molar-refractivity contribution is -0.116. The van der Waals surface area contributed by atoms with Gasteiger partial charge in [0.2, 0.25) is 5.91 Å². The second-order valence-electron chi connectivity index (χ2n) is 8.62. The van der Waals surface area contributed by atoms with Crippen molar-refractivity contribution in [2.75, 3.05) is 42.7 Å². The van der Waals surface area contributed by atoms with Crippen LogP contribution in [0.3, 0.4) is 0 Å². The molecule has 0 saturated heterocycles. The van der Waals surface area contributed by atoms with Crippen LogP contribution in [0.2, 0.25) is 0 Å². The fourth-order valence-corrected chi connectivity index (χ4v) is 4.13. The van der Waals surface area contributed by atoms with E-state index in [2.05, 4.69) is 15.5 Å². The van der Waals surface area contributed by atoms with E-state index in [0.29, 0.717) is 12.1 Å². The Morgan fingerprint density at radius 1 is 0.882 bits per heavy atom. The van der Waals surface area contributed by atoms with Crippen LogP contribution in [0.5, 0.6) is 0 Å². The SMILES string of the molecule is CC(=O)N(CCCN(C)C)c1ccc(NC(=C2C(=O)Nc3ccccc32)c2ccccc2)cc1. The molecule has 1 heterocycles. The predicted molar refractivity (Wildman–Crippen MR) is 140 cm³/mol. The van der Waals surface area contributed by atoms with Crippen LogP contribution in [0.15, 0.2) is 78.9 Å². The van der Waals surface area contributed by atoms with E-state index in [-0.39, 0.29) is 11.8 Å². The number of fused-ring (bicyclic) bond motifs is 1. The van der Waals surface area contributed by atoms with Gasteiger partial charge in [-0.25, -0.2) is 0 Å². The van der Waals surface area contributed by atoms with Crippen molar-refractivity contribution >= 4 is 40.1 Å². The molecule has 0 unspecified atom stereocenters. The topological polar surface area (TPSA) is 64.7 Å². The van der Waals surface area contributed by atoms with Crippen molar-refractivity contribution in [1.82, 2.24) is 4.90 Å². The van der Waals surface area contributed by atoms with Crippen molar-refractivity contribution < 1.29 is 9.59 Å². The number of benzene rings is 3. The summed E-state index contributed by atoms with van der Waals surface area (Å²) >= 11 is 0. The second-order valence-corrected chi connectivity index (χ2v) is 8.62. The first-order chi connectivity index (χ1) is 16.4. The maximum atomic E-state index is 12.9. The fourth-order valence-electron chi connectivity index (χ4n) is 4.13. The number of nitrogens with one attached hydrogen (secondary N) is 2. The Bertz CT molecular complexity index is 1200. The molecule has 4 rings (SSSR count). The first-order valence-electron chi connectivity index (χ1n) is 11.4. The predicted octanol–water partition coefficient (Wildman–Crippen LogP) is 4.92. The summed E-state index contributed by atoms with van der Waals surface area (Å²) in [6.07, 6.45) is 0.894. The van der Waals surface area contributed by atoms with E-state index in [1.807, 2.05) is 93.0 Å². The van der Waals surface area contributed by atoms with Crippen LogP contribution in [0.25, 0.3) is 11.3 Å². The third-order valence-corrected chi connectivity index (χ3v) is 5.80. The lowest BCUT2D eigenvalue weighted by Crippen LogP contribution is -2.31. The van der Waals surface area contributed by atoms with Crippen LogP contribution >= 0.6 is 0 Å². The molecule has 174 valence electrons. The molecule has 6 nitrogen and oxygen atoms in total. The summed E-state index contributed by atoms with van der Waals surface area (Å²) in [6.45, 7) is 3.17. The largest absolute Gasteiger partial charge is 0.354 e. The third-order valence-electron chi connectivity index (χ3n) is 5.80. The quantitative estimate of drug-likeness (QED) is 0.474. The molecule has 2 amide bonds. The molecule has 0 fully saturated rings. The minimum Gasteiger partial charge on any atom is -0.354 e. The van der Waals surface area contributed by atoms with Gasteiger partial charge in [0.15, 0.2) is 0 Å². The molecule has 2 N–H and O–H groups in total. The molecule has 0 bridgehead atoms. The highest BCUT2D eigenvalue weighted by molar-refractivity contribution is 6.37. The van der Waals surface area contributed by atoms with Crippen LogP contribution in [0.4, 0.5) is 17.1 Å². The van der Waals surface area contributed by atoms with E-state index in [0.717, 1.165) is 46.9 Å². The van der Waals surface area contributed by atoms with Crippen molar-refractivity contribution in [3.63, 3.8) is 0 Å². The van der Waals surface area contributed by atoms with Gasteiger partial charge in [-0.1, -0.05) is 48.5 Å². The first kappa shape index (κ1) is 23.3. The molecule has 0 spiro atoms. The molecule has 3 aromatic rings. The number of amides is 2. The average Bonchev–Trinajstić information content (AvgIpc) is 3.16. The Kier molecular flexibility index (Phi) is 7.09.